The molecule has 0 aliphatic heterocycles. The van der Waals surface area contributed by atoms with Gasteiger partial charge in [0.15, 0.2) is 0 Å². The summed E-state index contributed by atoms with van der Waals surface area (Å²) in [6.07, 6.45) is 0. The molecule has 0 aliphatic rings. The van der Waals surface area contributed by atoms with Crippen LogP contribution in [0.3, 0.4) is 0 Å². The van der Waals surface area contributed by atoms with Crippen LogP contribution in [0.15, 0.2) is 199 Å². The van der Waals surface area contributed by atoms with Crippen LogP contribution in [0.5, 0.6) is 0 Å². The third-order valence-corrected chi connectivity index (χ3v) is 11.1. The predicted molar refractivity (Wildman–Crippen MR) is 227 cm³/mol. The van der Waals surface area contributed by atoms with Gasteiger partial charge in [0.2, 0.25) is 0 Å². The van der Waals surface area contributed by atoms with Gasteiger partial charge in [-0.15, -0.1) is 0 Å². The smallest absolute Gasteiger partial charge is 0.263 e. The molecular weight excluding hydrogens is 657 g/mol. The van der Waals surface area contributed by atoms with Gasteiger partial charge in [-0.3, -0.25) is 9.36 Å². The van der Waals surface area contributed by atoms with E-state index < -0.39 is 0 Å². The van der Waals surface area contributed by atoms with Crippen LogP contribution < -0.4 is 5.56 Å². The maximum atomic E-state index is 14.0. The lowest BCUT2D eigenvalue weighted by Gasteiger charge is -2.19. The van der Waals surface area contributed by atoms with Crippen molar-refractivity contribution in [1.82, 2.24) is 9.13 Å². The van der Waals surface area contributed by atoms with Gasteiger partial charge in [0.1, 0.15) is 0 Å². The molecular formula is C51H32N2O. The Balaban J connectivity index is 1.19. The number of fused-ring (bicyclic) bond motifs is 8. The fourth-order valence-electron chi connectivity index (χ4n) is 8.80. The van der Waals surface area contributed by atoms with Crippen molar-refractivity contribution < 1.29 is 0 Å². The molecule has 0 atom stereocenters. The van der Waals surface area contributed by atoms with Crippen molar-refractivity contribution in [3.05, 3.63) is 204 Å². The molecule has 0 spiro atoms. The zero-order chi connectivity index (χ0) is 35.8. The summed E-state index contributed by atoms with van der Waals surface area (Å²) in [5, 5.41) is 9.98. The predicted octanol–water partition coefficient (Wildman–Crippen LogP) is 12.9. The van der Waals surface area contributed by atoms with Crippen LogP contribution in [0.25, 0.3) is 98.7 Å². The SMILES string of the molecule is O=c1c2ccccc2c2cc(-c3c4ccccc4c(-c4ccc5c(c4)c4ccccc4n5-c4ccccc4)c4ccccc34)ccc2n1-c1ccccc1. The van der Waals surface area contributed by atoms with Crippen molar-refractivity contribution in [1.29, 1.82) is 0 Å². The Morgan fingerprint density at radius 2 is 0.648 bits per heavy atom. The maximum Gasteiger partial charge on any atom is 0.263 e. The quantitative estimate of drug-likeness (QED) is 0.134. The van der Waals surface area contributed by atoms with E-state index in [2.05, 4.69) is 150 Å². The van der Waals surface area contributed by atoms with Crippen molar-refractivity contribution in [3.8, 4) is 33.6 Å². The minimum atomic E-state index is -0.0128. The van der Waals surface area contributed by atoms with Gasteiger partial charge >= 0.3 is 0 Å². The standard InChI is InChI=1S/C51H32N2O/c54-51-43-25-12-7-19-37(43)44-31-33(28-30-48(44)53(51)36-17-5-2-6-18-36)49-39-21-8-10-23-41(39)50(42-24-11-9-22-40(42)49)34-27-29-47-45(32-34)38-20-13-14-26-46(38)52(47)35-15-3-1-4-16-35/h1-32H. The van der Waals surface area contributed by atoms with Gasteiger partial charge in [-0.05, 0) is 110 Å². The van der Waals surface area contributed by atoms with E-state index in [1.165, 1.54) is 60.0 Å². The average molecular weight is 689 g/mol. The lowest BCUT2D eigenvalue weighted by Crippen LogP contribution is -2.19. The summed E-state index contributed by atoms with van der Waals surface area (Å²) in [5.74, 6) is 0. The molecule has 9 aromatic carbocycles. The molecule has 2 heterocycles. The van der Waals surface area contributed by atoms with Gasteiger partial charge in [-0.1, -0.05) is 133 Å². The second kappa shape index (κ2) is 11.9. The van der Waals surface area contributed by atoms with Gasteiger partial charge in [-0.2, -0.15) is 0 Å². The second-order valence-electron chi connectivity index (χ2n) is 14.0. The summed E-state index contributed by atoms with van der Waals surface area (Å²) >= 11 is 0. The third kappa shape index (κ3) is 4.45. The Hall–Kier alpha value is -7.23. The maximum absolute atomic E-state index is 14.0. The number of nitrogens with zero attached hydrogens (tertiary/aromatic N) is 2. The van der Waals surface area contributed by atoms with Crippen LogP contribution in [0.2, 0.25) is 0 Å². The molecule has 11 rings (SSSR count). The molecule has 0 saturated heterocycles. The van der Waals surface area contributed by atoms with E-state index in [4.69, 9.17) is 0 Å². The van der Waals surface area contributed by atoms with Crippen molar-refractivity contribution in [2.45, 2.75) is 0 Å². The monoisotopic (exact) mass is 688 g/mol. The Labute approximate surface area is 311 Å². The molecule has 0 N–H and O–H groups in total. The molecule has 0 unspecified atom stereocenters. The zero-order valence-corrected chi connectivity index (χ0v) is 29.3. The van der Waals surface area contributed by atoms with Crippen LogP contribution >= 0.6 is 0 Å². The summed E-state index contributed by atoms with van der Waals surface area (Å²) in [4.78, 5) is 14.0. The van der Waals surface area contributed by atoms with Gasteiger partial charge in [-0.25, -0.2) is 0 Å². The van der Waals surface area contributed by atoms with E-state index in [-0.39, 0.29) is 5.56 Å². The Morgan fingerprint density at radius 1 is 0.278 bits per heavy atom. The highest BCUT2D eigenvalue weighted by Crippen LogP contribution is 2.45. The van der Waals surface area contributed by atoms with Crippen LogP contribution in [-0.2, 0) is 0 Å². The number of aromatic nitrogens is 2. The first kappa shape index (κ1) is 30.4. The van der Waals surface area contributed by atoms with Crippen LogP contribution in [0.4, 0.5) is 0 Å². The molecule has 2 aromatic heterocycles. The number of rotatable bonds is 4. The minimum Gasteiger partial charge on any atom is -0.309 e. The summed E-state index contributed by atoms with van der Waals surface area (Å²) in [6, 6.07) is 68.5. The van der Waals surface area contributed by atoms with E-state index in [1.54, 1.807) is 0 Å². The number of hydrogen-bond donors (Lipinski definition) is 0. The van der Waals surface area contributed by atoms with E-state index in [9.17, 15) is 4.79 Å². The van der Waals surface area contributed by atoms with Crippen LogP contribution in [-0.4, -0.2) is 9.13 Å². The Bertz CT molecular complexity index is 3280. The largest absolute Gasteiger partial charge is 0.309 e. The van der Waals surface area contributed by atoms with Gasteiger partial charge < -0.3 is 4.57 Å². The second-order valence-corrected chi connectivity index (χ2v) is 14.0. The van der Waals surface area contributed by atoms with Gasteiger partial charge in [0, 0.05) is 32.9 Å². The molecule has 3 heteroatoms. The van der Waals surface area contributed by atoms with Crippen LogP contribution in [0.1, 0.15) is 0 Å². The van der Waals surface area contributed by atoms with Crippen molar-refractivity contribution >= 4 is 65.0 Å². The van der Waals surface area contributed by atoms with E-state index in [0.29, 0.717) is 5.39 Å². The summed E-state index contributed by atoms with van der Waals surface area (Å²) in [7, 11) is 0. The van der Waals surface area contributed by atoms with E-state index >= 15 is 0 Å². The first-order valence-electron chi connectivity index (χ1n) is 18.4. The van der Waals surface area contributed by atoms with Crippen molar-refractivity contribution in [3.63, 3.8) is 0 Å². The molecule has 11 aromatic rings. The molecule has 54 heavy (non-hydrogen) atoms. The number of para-hydroxylation sites is 3. The summed E-state index contributed by atoms with van der Waals surface area (Å²) in [6.45, 7) is 0. The molecule has 0 aliphatic carbocycles. The Morgan fingerprint density at radius 3 is 1.19 bits per heavy atom. The molecule has 0 radical (unpaired) electrons. The summed E-state index contributed by atoms with van der Waals surface area (Å²) in [5.41, 5.74) is 10.00. The molecule has 0 saturated carbocycles. The first-order valence-corrected chi connectivity index (χ1v) is 18.4. The number of hydrogen-bond acceptors (Lipinski definition) is 1. The van der Waals surface area contributed by atoms with Crippen LogP contribution in [0, 0.1) is 0 Å². The van der Waals surface area contributed by atoms with Crippen molar-refractivity contribution in [2.75, 3.05) is 0 Å². The molecule has 0 bridgehead atoms. The lowest BCUT2D eigenvalue weighted by molar-refractivity contribution is 1.06. The minimum absolute atomic E-state index is 0.0128. The van der Waals surface area contributed by atoms with Crippen molar-refractivity contribution in [2.24, 2.45) is 0 Å². The number of pyridine rings is 1. The fraction of sp³-hybridized carbons (Fsp3) is 0. The lowest BCUT2D eigenvalue weighted by atomic mass is 9.85. The van der Waals surface area contributed by atoms with Gasteiger partial charge in [0.25, 0.3) is 5.56 Å². The molecule has 0 amide bonds. The van der Waals surface area contributed by atoms with E-state index in [0.717, 1.165) is 33.2 Å². The first-order chi connectivity index (χ1) is 26.7. The van der Waals surface area contributed by atoms with Gasteiger partial charge in [0.05, 0.1) is 16.6 Å². The highest BCUT2D eigenvalue weighted by molar-refractivity contribution is 6.23. The van der Waals surface area contributed by atoms with E-state index in [1.807, 2.05) is 53.1 Å². The third-order valence-electron chi connectivity index (χ3n) is 11.1. The topological polar surface area (TPSA) is 26.9 Å². The molecule has 3 nitrogen and oxygen atoms in total. The Kier molecular flexibility index (Phi) is 6.70. The highest BCUT2D eigenvalue weighted by Gasteiger charge is 2.20. The fourth-order valence-corrected chi connectivity index (χ4v) is 8.80. The highest BCUT2D eigenvalue weighted by atomic mass is 16.1. The zero-order valence-electron chi connectivity index (χ0n) is 29.3. The summed E-state index contributed by atoms with van der Waals surface area (Å²) < 4.78 is 4.22. The number of benzene rings is 9. The normalized spacial score (nSPS) is 11.8. The molecule has 0 fully saturated rings. The molecule has 252 valence electrons. The average Bonchev–Trinajstić information content (AvgIpc) is 3.57.